The van der Waals surface area contributed by atoms with E-state index < -0.39 is 0 Å². The van der Waals surface area contributed by atoms with Gasteiger partial charge in [-0.25, -0.2) is 0 Å². The third kappa shape index (κ3) is 30.6. The van der Waals surface area contributed by atoms with Gasteiger partial charge in [-0.3, -0.25) is 0 Å². The maximum absolute atomic E-state index is 2.36. The van der Waals surface area contributed by atoms with Crippen LogP contribution in [0.15, 0.2) is 0 Å². The Morgan fingerprint density at radius 3 is 0.833 bits per heavy atom. The van der Waals surface area contributed by atoms with Crippen LogP contribution in [0.1, 0.15) is 0 Å². The molecule has 0 aromatic carbocycles. The Kier molecular flexibility index (Phi) is 27.9. The van der Waals surface area contributed by atoms with Crippen LogP contribution in [0.4, 0.5) is 0 Å². The van der Waals surface area contributed by atoms with E-state index >= 15 is 0 Å². The zero-order chi connectivity index (χ0) is 3.58. The van der Waals surface area contributed by atoms with Gasteiger partial charge in [-0.15, -0.1) is 0 Å². The van der Waals surface area contributed by atoms with E-state index in [-0.39, 0.29) is 11.0 Å². The van der Waals surface area contributed by atoms with Gasteiger partial charge in [0.15, 0.2) is 0 Å². The second-order valence-corrected chi connectivity index (χ2v) is 25.1. The van der Waals surface area contributed by atoms with Crippen molar-refractivity contribution in [2.24, 2.45) is 0 Å². The van der Waals surface area contributed by atoms with Gasteiger partial charge < -0.3 is 11.0 Å². The molecule has 0 amide bonds. The topological polar surface area (TPSA) is 63.0 Å². The maximum atomic E-state index is 2.36. The summed E-state index contributed by atoms with van der Waals surface area (Å²) in [5, 5.41) is 0. The summed E-state index contributed by atoms with van der Waals surface area (Å²) in [6.07, 6.45) is 0. The predicted molar refractivity (Wildman–Crippen MR) is 49.3 cm³/mol. The second kappa shape index (κ2) is 10.6. The number of hydrogen-bond acceptors (Lipinski definition) is 0. The molecular formula is H4I3NiO2. The molecule has 0 bridgehead atoms. The number of hydrogen-bond donors (Lipinski definition) is 0. The molecule has 0 aromatic rings. The van der Waals surface area contributed by atoms with Gasteiger partial charge in [0.25, 0.3) is 0 Å². The minimum absolute atomic E-state index is 0. The van der Waals surface area contributed by atoms with Crippen molar-refractivity contribution >= 4 is 61.5 Å². The molecule has 0 unspecified atom stereocenters. The monoisotopic (exact) mass is 475 g/mol. The van der Waals surface area contributed by atoms with Crippen LogP contribution in [0, 0.1) is 0 Å². The molecule has 0 saturated heterocycles. The Labute approximate surface area is 74.7 Å². The van der Waals surface area contributed by atoms with Crippen LogP contribution in [0.3, 0.4) is 0 Å². The second-order valence-electron chi connectivity index (χ2n) is 0.136. The summed E-state index contributed by atoms with van der Waals surface area (Å²) in [7, 11) is 0. The molecule has 0 heterocycles. The molecule has 0 atom stereocenters. The Balaban J connectivity index is -0.0000000450. The van der Waals surface area contributed by atoms with Crippen molar-refractivity contribution in [3.63, 3.8) is 0 Å². The normalized spacial score (nSPS) is 7.50. The number of halogens is 3. The fourth-order valence-corrected chi connectivity index (χ4v) is 0. The van der Waals surface area contributed by atoms with E-state index in [0.717, 1.165) is 0 Å². The first kappa shape index (κ1) is 15.8. The van der Waals surface area contributed by atoms with E-state index in [1.807, 2.05) is 0 Å². The Hall–Kier alpha value is 2.60. The molecule has 0 fully saturated rings. The molecule has 2 nitrogen and oxygen atoms in total. The number of rotatable bonds is 0. The van der Waals surface area contributed by atoms with Crippen molar-refractivity contribution in [1.29, 1.82) is 0 Å². The van der Waals surface area contributed by atoms with Gasteiger partial charge in [-0.2, -0.15) is 0 Å². The van der Waals surface area contributed by atoms with Gasteiger partial charge in [0.05, 0.1) is 0 Å². The summed E-state index contributed by atoms with van der Waals surface area (Å²) in [5.74, 6) is 0. The zero-order valence-corrected chi connectivity index (χ0v) is 9.91. The van der Waals surface area contributed by atoms with Crippen molar-refractivity contribution in [2.75, 3.05) is 0 Å². The SMILES string of the molecule is O.O.[I][Ni]([I])[I]. The van der Waals surface area contributed by atoms with Crippen LogP contribution in [0.25, 0.3) is 0 Å². The first-order chi connectivity index (χ1) is 1.73. The van der Waals surface area contributed by atoms with Crippen LogP contribution in [-0.4, -0.2) is 11.0 Å². The molecule has 0 aliphatic carbocycles. The van der Waals surface area contributed by atoms with E-state index in [1.165, 1.54) is 0 Å². The quantitative estimate of drug-likeness (QED) is 0.371. The van der Waals surface area contributed by atoms with Gasteiger partial charge in [-0.1, -0.05) is 0 Å². The van der Waals surface area contributed by atoms with Gasteiger partial charge in [-0.05, 0) is 0 Å². The summed E-state index contributed by atoms with van der Waals surface area (Å²) < 4.78 is 0.452. The molecule has 6 heteroatoms. The Morgan fingerprint density at radius 2 is 0.833 bits per heavy atom. The molecule has 47 valence electrons. The van der Waals surface area contributed by atoms with Gasteiger partial charge in [0.1, 0.15) is 0 Å². The molecule has 0 saturated carbocycles. The average molecular weight is 475 g/mol. The molecule has 0 spiro atoms. The standard InChI is InChI=1S/3HI.Ni.2H2O/h3*1H;;2*1H2/q;;;+3;;/p-3. The third-order valence-electron chi connectivity index (χ3n) is 0. The van der Waals surface area contributed by atoms with Crippen molar-refractivity contribution in [2.45, 2.75) is 0 Å². The fourth-order valence-electron chi connectivity index (χ4n) is 0. The zero-order valence-electron chi connectivity index (χ0n) is 2.45. The predicted octanol–water partition coefficient (Wildman–Crippen LogP) is 1.01. The molecule has 0 radical (unpaired) electrons. The Morgan fingerprint density at radius 1 is 0.833 bits per heavy atom. The molecule has 6 heavy (non-hydrogen) atoms. The van der Waals surface area contributed by atoms with E-state index in [1.54, 1.807) is 0 Å². The van der Waals surface area contributed by atoms with Gasteiger partial charge in [0, 0.05) is 0 Å². The fraction of sp³-hybridized carbons (Fsp3) is 0. The molecule has 0 aliphatic heterocycles. The molecule has 0 aromatic heterocycles. The van der Waals surface area contributed by atoms with E-state index in [0.29, 0.717) is 3.86 Å². The molecular weight excluding hydrogens is 471 g/mol. The minimum atomic E-state index is 0. The summed E-state index contributed by atoms with van der Waals surface area (Å²) in [5.41, 5.74) is 0. The van der Waals surface area contributed by atoms with E-state index in [2.05, 4.69) is 61.5 Å². The van der Waals surface area contributed by atoms with E-state index in [9.17, 15) is 0 Å². The molecule has 0 aliphatic rings. The Bertz CT molecular complexity index is 13.5. The van der Waals surface area contributed by atoms with Crippen molar-refractivity contribution < 1.29 is 14.8 Å². The molecule has 4 N–H and O–H groups in total. The first-order valence-corrected chi connectivity index (χ1v) is 9.92. The first-order valence-electron chi connectivity index (χ1n) is 0.359. The summed E-state index contributed by atoms with van der Waals surface area (Å²) in [4.78, 5) is 0. The van der Waals surface area contributed by atoms with Crippen molar-refractivity contribution in [3.05, 3.63) is 0 Å². The summed E-state index contributed by atoms with van der Waals surface area (Å²) >= 11 is 7.08. The third-order valence-corrected chi connectivity index (χ3v) is 0. The van der Waals surface area contributed by atoms with Crippen LogP contribution in [0.2, 0.25) is 0 Å². The molecule has 0 rings (SSSR count). The van der Waals surface area contributed by atoms with Gasteiger partial charge in [0.2, 0.25) is 0 Å². The van der Waals surface area contributed by atoms with Crippen LogP contribution in [-0.2, 0) is 3.86 Å². The van der Waals surface area contributed by atoms with E-state index in [4.69, 9.17) is 0 Å². The summed E-state index contributed by atoms with van der Waals surface area (Å²) in [6.45, 7) is 0. The summed E-state index contributed by atoms with van der Waals surface area (Å²) in [6, 6.07) is 0. The average Bonchev–Trinajstić information content (AvgIpc) is 0.811. The van der Waals surface area contributed by atoms with Crippen molar-refractivity contribution in [1.82, 2.24) is 0 Å². The van der Waals surface area contributed by atoms with Gasteiger partial charge >= 0.3 is 65.3 Å². The van der Waals surface area contributed by atoms with Crippen molar-refractivity contribution in [3.8, 4) is 0 Å². The van der Waals surface area contributed by atoms with Crippen LogP contribution in [0.5, 0.6) is 0 Å². The van der Waals surface area contributed by atoms with Crippen LogP contribution >= 0.6 is 61.5 Å². The van der Waals surface area contributed by atoms with Crippen LogP contribution < -0.4 is 0 Å².